The molecular weight excluding hydrogens is 344 g/mol. The minimum atomic E-state index is -4.44. The van der Waals surface area contributed by atoms with Gasteiger partial charge in [-0.2, -0.15) is 13.2 Å². The van der Waals surface area contributed by atoms with E-state index in [2.05, 4.69) is 10.3 Å². The van der Waals surface area contributed by atoms with Gasteiger partial charge >= 0.3 is 6.18 Å². The van der Waals surface area contributed by atoms with Crippen molar-refractivity contribution in [3.63, 3.8) is 0 Å². The maximum atomic E-state index is 12.7. The lowest BCUT2D eigenvalue weighted by Gasteiger charge is -2.17. The van der Waals surface area contributed by atoms with Crippen molar-refractivity contribution in [1.29, 1.82) is 0 Å². The molecule has 21 heavy (non-hydrogen) atoms. The molecule has 0 aliphatic rings. The fraction of sp³-hybridized carbons (Fsp3) is 0.308. The number of aromatic nitrogens is 1. The first-order valence-electron chi connectivity index (χ1n) is 6.03. The average Bonchev–Trinajstić information content (AvgIpc) is 2.83. The molecular formula is C13H11Cl2F3N2S. The van der Waals surface area contributed by atoms with E-state index in [1.54, 1.807) is 18.2 Å². The lowest BCUT2D eigenvalue weighted by molar-refractivity contribution is -0.137. The second kappa shape index (κ2) is 6.52. The van der Waals surface area contributed by atoms with Crippen molar-refractivity contribution in [2.24, 2.45) is 0 Å². The van der Waals surface area contributed by atoms with E-state index in [0.29, 0.717) is 38.4 Å². The number of nitrogens with one attached hydrogen (secondary N) is 1. The topological polar surface area (TPSA) is 24.9 Å². The van der Waals surface area contributed by atoms with Gasteiger partial charge in [-0.05, 0) is 30.3 Å². The van der Waals surface area contributed by atoms with Gasteiger partial charge < -0.3 is 5.32 Å². The van der Waals surface area contributed by atoms with Crippen molar-refractivity contribution in [3.05, 3.63) is 49.9 Å². The molecule has 0 aliphatic heterocycles. The van der Waals surface area contributed by atoms with Crippen molar-refractivity contribution >= 4 is 34.5 Å². The number of alkyl halides is 3. The fourth-order valence-electron chi connectivity index (χ4n) is 1.88. The molecule has 0 saturated heterocycles. The molecule has 1 unspecified atom stereocenters. The zero-order chi connectivity index (χ0) is 15.6. The van der Waals surface area contributed by atoms with Crippen molar-refractivity contribution in [1.82, 2.24) is 10.3 Å². The first-order chi connectivity index (χ1) is 9.81. The molecule has 8 heteroatoms. The number of halogens is 5. The van der Waals surface area contributed by atoms with Gasteiger partial charge in [0.1, 0.15) is 0 Å². The zero-order valence-electron chi connectivity index (χ0n) is 10.8. The summed E-state index contributed by atoms with van der Waals surface area (Å²) in [5, 5.41) is 3.12. The van der Waals surface area contributed by atoms with E-state index < -0.39 is 17.2 Å². The van der Waals surface area contributed by atoms with Crippen molar-refractivity contribution in [2.75, 3.05) is 6.54 Å². The summed E-state index contributed by atoms with van der Waals surface area (Å²) in [7, 11) is 0. The molecule has 2 nitrogen and oxygen atoms in total. The van der Waals surface area contributed by atoms with Gasteiger partial charge in [0.2, 0.25) is 0 Å². The van der Waals surface area contributed by atoms with E-state index in [0.717, 1.165) is 0 Å². The second-order valence-electron chi connectivity index (χ2n) is 4.26. The summed E-state index contributed by atoms with van der Waals surface area (Å²) >= 11 is 12.5. The van der Waals surface area contributed by atoms with E-state index in [1.807, 2.05) is 6.92 Å². The average molecular weight is 355 g/mol. The van der Waals surface area contributed by atoms with Crippen LogP contribution >= 0.6 is 34.5 Å². The number of benzene rings is 1. The zero-order valence-corrected chi connectivity index (χ0v) is 13.2. The summed E-state index contributed by atoms with van der Waals surface area (Å²) in [5.41, 5.74) is 0.701. The van der Waals surface area contributed by atoms with Crippen LogP contribution in [0.3, 0.4) is 0 Å². The summed E-state index contributed by atoms with van der Waals surface area (Å²) in [4.78, 5) is 3.91. The first-order valence-corrected chi connectivity index (χ1v) is 7.60. The Morgan fingerprint density at radius 2 is 1.86 bits per heavy atom. The van der Waals surface area contributed by atoms with Gasteiger partial charge in [-0.3, -0.25) is 0 Å². The monoisotopic (exact) mass is 354 g/mol. The second-order valence-corrected chi connectivity index (χ2v) is 6.19. The number of nitrogens with zero attached hydrogens (tertiary/aromatic N) is 1. The molecule has 2 aromatic rings. The molecule has 0 spiro atoms. The van der Waals surface area contributed by atoms with Crippen LogP contribution in [0.25, 0.3) is 0 Å². The summed E-state index contributed by atoms with van der Waals surface area (Å²) < 4.78 is 38.0. The highest BCUT2D eigenvalue weighted by molar-refractivity contribution is 7.11. The Bertz CT molecular complexity index is 608. The molecule has 1 aromatic heterocycles. The van der Waals surface area contributed by atoms with E-state index in [1.165, 1.54) is 6.20 Å². The predicted octanol–water partition coefficient (Wildman–Crippen LogP) is 5.17. The maximum absolute atomic E-state index is 12.7. The molecule has 0 aliphatic carbocycles. The van der Waals surface area contributed by atoms with Crippen LogP contribution in [0, 0.1) is 0 Å². The minimum Gasteiger partial charge on any atom is -0.306 e. The van der Waals surface area contributed by atoms with Gasteiger partial charge in [0.25, 0.3) is 0 Å². The Labute approximate surface area is 133 Å². The van der Waals surface area contributed by atoms with E-state index in [4.69, 9.17) is 23.2 Å². The molecule has 0 bridgehead atoms. The molecule has 0 fully saturated rings. The predicted molar refractivity (Wildman–Crippen MR) is 79.1 cm³/mol. The number of rotatable bonds is 4. The highest BCUT2D eigenvalue weighted by Gasteiger charge is 2.35. The molecule has 1 N–H and O–H groups in total. The van der Waals surface area contributed by atoms with Crippen LogP contribution in [0.4, 0.5) is 13.2 Å². The van der Waals surface area contributed by atoms with Gasteiger partial charge in [0.15, 0.2) is 5.01 Å². The van der Waals surface area contributed by atoms with Crippen LogP contribution in [0.5, 0.6) is 0 Å². The summed E-state index contributed by atoms with van der Waals surface area (Å²) in [6.45, 7) is 2.44. The standard InChI is InChI=1S/C13H11Cl2F3N2S/c1-2-19-11(7-3-8(14)5-9(15)4-7)10-6-20-12(21-10)13(16,17)18/h3-6,11,19H,2H2,1H3. The van der Waals surface area contributed by atoms with Crippen LogP contribution in [0.15, 0.2) is 24.4 Å². The molecule has 1 aromatic carbocycles. The molecule has 2 rings (SSSR count). The minimum absolute atomic E-state index is 0.431. The molecule has 0 amide bonds. The normalized spacial score (nSPS) is 13.4. The third-order valence-corrected chi connectivity index (χ3v) is 4.22. The van der Waals surface area contributed by atoms with Gasteiger partial charge in [0, 0.05) is 21.1 Å². The molecule has 114 valence electrons. The molecule has 1 atom stereocenters. The Morgan fingerprint density at radius 1 is 1.24 bits per heavy atom. The Kier molecular flexibility index (Phi) is 5.14. The maximum Gasteiger partial charge on any atom is 0.443 e. The quantitative estimate of drug-likeness (QED) is 0.819. The van der Waals surface area contributed by atoms with Crippen LogP contribution in [-0.2, 0) is 6.18 Å². The van der Waals surface area contributed by atoms with Gasteiger partial charge in [-0.1, -0.05) is 30.1 Å². The van der Waals surface area contributed by atoms with Crippen molar-refractivity contribution in [2.45, 2.75) is 19.1 Å². The van der Waals surface area contributed by atoms with E-state index in [9.17, 15) is 13.2 Å². The third kappa shape index (κ3) is 4.10. The van der Waals surface area contributed by atoms with Crippen molar-refractivity contribution < 1.29 is 13.2 Å². The Morgan fingerprint density at radius 3 is 2.33 bits per heavy atom. The van der Waals surface area contributed by atoms with Crippen molar-refractivity contribution in [3.8, 4) is 0 Å². The van der Waals surface area contributed by atoms with Crippen LogP contribution < -0.4 is 5.32 Å². The number of thiazole rings is 1. The Hall–Kier alpha value is -0.820. The SMILES string of the molecule is CCNC(c1cc(Cl)cc(Cl)c1)c1cnc(C(F)(F)F)s1. The Balaban J connectivity index is 2.41. The number of hydrogen-bond donors (Lipinski definition) is 1. The first kappa shape index (κ1) is 16.5. The van der Waals surface area contributed by atoms with Crippen LogP contribution in [-0.4, -0.2) is 11.5 Å². The molecule has 1 heterocycles. The summed E-state index contributed by atoms with van der Waals surface area (Å²) in [5.74, 6) is 0. The largest absolute Gasteiger partial charge is 0.443 e. The van der Waals surface area contributed by atoms with E-state index >= 15 is 0 Å². The van der Waals surface area contributed by atoms with Crippen LogP contribution in [0.1, 0.15) is 28.4 Å². The smallest absolute Gasteiger partial charge is 0.306 e. The van der Waals surface area contributed by atoms with Crippen LogP contribution in [0.2, 0.25) is 10.0 Å². The lowest BCUT2D eigenvalue weighted by atomic mass is 10.1. The van der Waals surface area contributed by atoms with Gasteiger partial charge in [0.05, 0.1) is 6.04 Å². The van der Waals surface area contributed by atoms with Gasteiger partial charge in [-0.15, -0.1) is 11.3 Å². The molecule has 0 saturated carbocycles. The van der Waals surface area contributed by atoms with E-state index in [-0.39, 0.29) is 0 Å². The molecule has 0 radical (unpaired) electrons. The lowest BCUT2D eigenvalue weighted by Crippen LogP contribution is -2.21. The summed E-state index contributed by atoms with van der Waals surface area (Å²) in [6, 6.07) is 4.49. The van der Waals surface area contributed by atoms with Gasteiger partial charge in [-0.25, -0.2) is 4.98 Å². The third-order valence-electron chi connectivity index (χ3n) is 2.68. The highest BCUT2D eigenvalue weighted by Crippen LogP contribution is 2.36. The highest BCUT2D eigenvalue weighted by atomic mass is 35.5. The number of hydrogen-bond acceptors (Lipinski definition) is 3. The fourth-order valence-corrected chi connectivity index (χ4v) is 3.31. The summed E-state index contributed by atoms with van der Waals surface area (Å²) in [6.07, 6.45) is -3.21.